The first-order valence-electron chi connectivity index (χ1n) is 9.45. The Bertz CT molecular complexity index is 651. The Hall–Kier alpha value is -2.15. The van der Waals surface area contributed by atoms with Crippen molar-refractivity contribution >= 4 is 12.0 Å². The molecule has 1 atom stereocenters. The quantitative estimate of drug-likeness (QED) is 0.822. The molecular weight excluding hydrogens is 332 g/mol. The van der Waals surface area contributed by atoms with E-state index in [2.05, 4.69) is 9.88 Å². The first-order chi connectivity index (χ1) is 12.6. The molecule has 7 nitrogen and oxygen atoms in total. The van der Waals surface area contributed by atoms with Gasteiger partial charge in [0.1, 0.15) is 0 Å². The van der Waals surface area contributed by atoms with Gasteiger partial charge in [-0.05, 0) is 38.3 Å². The van der Waals surface area contributed by atoms with E-state index in [-0.39, 0.29) is 12.0 Å². The number of pyridine rings is 1. The van der Waals surface area contributed by atoms with Gasteiger partial charge in [0.2, 0.25) is 0 Å². The van der Waals surface area contributed by atoms with Crippen molar-refractivity contribution in [2.45, 2.75) is 32.7 Å². The number of aryl methyl sites for hydroxylation is 1. The highest BCUT2D eigenvalue weighted by atomic mass is 16.6. The average Bonchev–Trinajstić information content (AvgIpc) is 3.00. The first-order valence-corrected chi connectivity index (χ1v) is 9.45. The van der Waals surface area contributed by atoms with Crippen LogP contribution < -0.4 is 0 Å². The van der Waals surface area contributed by atoms with Crippen LogP contribution in [0.15, 0.2) is 18.5 Å². The van der Waals surface area contributed by atoms with E-state index in [1.165, 1.54) is 0 Å². The Balaban J connectivity index is 1.55. The maximum Gasteiger partial charge on any atom is 0.409 e. The van der Waals surface area contributed by atoms with Crippen LogP contribution in [0.2, 0.25) is 0 Å². The van der Waals surface area contributed by atoms with Crippen molar-refractivity contribution in [2.75, 3.05) is 45.9 Å². The minimum atomic E-state index is -0.214. The molecule has 1 unspecified atom stereocenters. The van der Waals surface area contributed by atoms with Crippen LogP contribution in [-0.2, 0) is 4.74 Å². The third kappa shape index (κ3) is 4.33. The molecule has 2 aliphatic rings. The number of hydrogen-bond donors (Lipinski definition) is 0. The van der Waals surface area contributed by atoms with Crippen LogP contribution in [-0.4, -0.2) is 83.6 Å². The van der Waals surface area contributed by atoms with Crippen LogP contribution in [0.3, 0.4) is 0 Å². The number of ether oxygens (including phenoxy) is 1. The number of aromatic nitrogens is 1. The van der Waals surface area contributed by atoms with Gasteiger partial charge in [-0.1, -0.05) is 0 Å². The van der Waals surface area contributed by atoms with Crippen LogP contribution >= 0.6 is 0 Å². The number of carbonyl (C=O) groups excluding carboxylic acids is 2. The zero-order valence-electron chi connectivity index (χ0n) is 15.7. The molecule has 0 bridgehead atoms. The summed E-state index contributed by atoms with van der Waals surface area (Å²) in [4.78, 5) is 34.9. The molecular formula is C19H28N4O3. The number of rotatable bonds is 3. The van der Waals surface area contributed by atoms with E-state index in [4.69, 9.17) is 4.74 Å². The second-order valence-electron chi connectivity index (χ2n) is 7.02. The minimum absolute atomic E-state index is 0.0580. The smallest absolute Gasteiger partial charge is 0.409 e. The largest absolute Gasteiger partial charge is 0.450 e. The fraction of sp³-hybridized carbons (Fsp3) is 0.632. The molecule has 1 aromatic rings. The molecule has 2 saturated heterocycles. The summed E-state index contributed by atoms with van der Waals surface area (Å²) in [6.07, 6.45) is 5.10. The molecule has 0 aromatic carbocycles. The maximum absolute atomic E-state index is 12.7. The Morgan fingerprint density at radius 1 is 1.15 bits per heavy atom. The summed E-state index contributed by atoms with van der Waals surface area (Å²) in [5.41, 5.74) is 1.66. The average molecular weight is 360 g/mol. The Morgan fingerprint density at radius 3 is 2.77 bits per heavy atom. The lowest BCUT2D eigenvalue weighted by Gasteiger charge is -2.27. The fourth-order valence-corrected chi connectivity index (χ4v) is 3.78. The van der Waals surface area contributed by atoms with Crippen LogP contribution in [0.25, 0.3) is 0 Å². The number of amides is 2. The molecule has 26 heavy (non-hydrogen) atoms. The van der Waals surface area contributed by atoms with Gasteiger partial charge in [-0.3, -0.25) is 14.7 Å². The molecule has 0 radical (unpaired) electrons. The number of carbonyl (C=O) groups is 2. The van der Waals surface area contributed by atoms with E-state index in [0.717, 1.165) is 44.6 Å². The third-order valence-electron chi connectivity index (χ3n) is 5.15. The lowest BCUT2D eigenvalue weighted by Crippen LogP contribution is -2.41. The van der Waals surface area contributed by atoms with Gasteiger partial charge < -0.3 is 14.5 Å². The normalized spacial score (nSPS) is 21.5. The maximum atomic E-state index is 12.7. The molecule has 1 aromatic heterocycles. The van der Waals surface area contributed by atoms with E-state index in [1.54, 1.807) is 17.3 Å². The standard InChI is InChI=1S/C19H28N4O3/c1-3-26-19(25)23-8-5-17(14-23)21-6-4-7-22(10-9-21)18(24)16-11-15(2)12-20-13-16/h11-13,17H,3-10,14H2,1-2H3. The van der Waals surface area contributed by atoms with E-state index in [1.807, 2.05) is 24.8 Å². The molecule has 2 amide bonds. The Morgan fingerprint density at radius 2 is 2.00 bits per heavy atom. The van der Waals surface area contributed by atoms with Crippen molar-refractivity contribution < 1.29 is 14.3 Å². The molecule has 7 heteroatoms. The molecule has 3 rings (SSSR count). The molecule has 142 valence electrons. The summed E-state index contributed by atoms with van der Waals surface area (Å²) in [6, 6.07) is 2.25. The molecule has 0 aliphatic carbocycles. The van der Waals surface area contributed by atoms with Gasteiger partial charge in [0.05, 0.1) is 12.2 Å². The van der Waals surface area contributed by atoms with E-state index in [9.17, 15) is 9.59 Å². The van der Waals surface area contributed by atoms with Crippen molar-refractivity contribution in [1.29, 1.82) is 0 Å². The van der Waals surface area contributed by atoms with Gasteiger partial charge in [-0.25, -0.2) is 4.79 Å². The minimum Gasteiger partial charge on any atom is -0.450 e. The monoisotopic (exact) mass is 360 g/mol. The SMILES string of the molecule is CCOC(=O)N1CCC(N2CCCN(C(=O)c3cncc(C)c3)CC2)C1. The summed E-state index contributed by atoms with van der Waals surface area (Å²) >= 11 is 0. The van der Waals surface area contributed by atoms with Crippen molar-refractivity contribution in [3.05, 3.63) is 29.6 Å². The van der Waals surface area contributed by atoms with Crippen molar-refractivity contribution in [3.8, 4) is 0 Å². The molecule has 2 fully saturated rings. The predicted octanol–water partition coefficient (Wildman–Crippen LogP) is 1.77. The number of nitrogens with zero attached hydrogens (tertiary/aromatic N) is 4. The van der Waals surface area contributed by atoms with Gasteiger partial charge in [0, 0.05) is 57.7 Å². The third-order valence-corrected chi connectivity index (χ3v) is 5.15. The summed E-state index contributed by atoms with van der Waals surface area (Å²) in [5.74, 6) is 0.0580. The lowest BCUT2D eigenvalue weighted by molar-refractivity contribution is 0.0757. The topological polar surface area (TPSA) is 66.0 Å². The predicted molar refractivity (Wildman–Crippen MR) is 98.1 cm³/mol. The van der Waals surface area contributed by atoms with Gasteiger partial charge in [0.25, 0.3) is 5.91 Å². The molecule has 0 N–H and O–H groups in total. The summed E-state index contributed by atoms with van der Waals surface area (Å²) in [6.45, 7) is 8.92. The fourth-order valence-electron chi connectivity index (χ4n) is 3.78. The summed E-state index contributed by atoms with van der Waals surface area (Å²) in [7, 11) is 0. The highest BCUT2D eigenvalue weighted by molar-refractivity contribution is 5.94. The van der Waals surface area contributed by atoms with Crippen LogP contribution in [0.1, 0.15) is 35.7 Å². The van der Waals surface area contributed by atoms with Gasteiger partial charge in [-0.2, -0.15) is 0 Å². The Labute approximate surface area is 154 Å². The van der Waals surface area contributed by atoms with E-state index >= 15 is 0 Å². The molecule has 3 heterocycles. The number of likely N-dealkylation sites (tertiary alicyclic amines) is 1. The lowest BCUT2D eigenvalue weighted by atomic mass is 10.2. The van der Waals surface area contributed by atoms with Crippen molar-refractivity contribution in [2.24, 2.45) is 0 Å². The van der Waals surface area contributed by atoms with Crippen LogP contribution in [0, 0.1) is 6.92 Å². The molecule has 0 spiro atoms. The highest BCUT2D eigenvalue weighted by Gasteiger charge is 2.32. The van der Waals surface area contributed by atoms with Gasteiger partial charge in [0.15, 0.2) is 0 Å². The zero-order chi connectivity index (χ0) is 18.5. The summed E-state index contributed by atoms with van der Waals surface area (Å²) in [5, 5.41) is 0. The second-order valence-corrected chi connectivity index (χ2v) is 7.02. The highest BCUT2D eigenvalue weighted by Crippen LogP contribution is 2.19. The molecule has 2 aliphatic heterocycles. The van der Waals surface area contributed by atoms with Gasteiger partial charge >= 0.3 is 6.09 Å². The Kier molecular flexibility index (Phi) is 6.08. The van der Waals surface area contributed by atoms with Crippen molar-refractivity contribution in [3.63, 3.8) is 0 Å². The van der Waals surface area contributed by atoms with Crippen LogP contribution in [0.5, 0.6) is 0 Å². The van der Waals surface area contributed by atoms with Crippen molar-refractivity contribution in [1.82, 2.24) is 19.7 Å². The van der Waals surface area contributed by atoms with Crippen LogP contribution in [0.4, 0.5) is 4.79 Å². The second kappa shape index (κ2) is 8.49. The number of hydrogen-bond acceptors (Lipinski definition) is 5. The molecule has 0 saturated carbocycles. The zero-order valence-corrected chi connectivity index (χ0v) is 15.7. The van der Waals surface area contributed by atoms with Gasteiger partial charge in [-0.15, -0.1) is 0 Å². The first kappa shape index (κ1) is 18.6. The van der Waals surface area contributed by atoms with E-state index < -0.39 is 0 Å². The van der Waals surface area contributed by atoms with E-state index in [0.29, 0.717) is 31.3 Å². The summed E-state index contributed by atoms with van der Waals surface area (Å²) < 4.78 is 5.10.